The lowest BCUT2D eigenvalue weighted by Gasteiger charge is -2.18. The first-order valence-corrected chi connectivity index (χ1v) is 7.65. The summed E-state index contributed by atoms with van der Waals surface area (Å²) < 4.78 is 6.12. The highest BCUT2D eigenvalue weighted by atomic mass is 35.5. The minimum atomic E-state index is -0.951. The molecule has 0 aliphatic rings. The molecule has 0 saturated heterocycles. The molecule has 1 amide bonds. The van der Waals surface area contributed by atoms with Gasteiger partial charge in [0.05, 0.1) is 22.7 Å². The molecule has 1 atom stereocenters. The van der Waals surface area contributed by atoms with Crippen molar-refractivity contribution in [2.45, 2.75) is 19.9 Å². The second-order valence-corrected chi connectivity index (χ2v) is 5.69. The minimum absolute atomic E-state index is 0.105. The van der Waals surface area contributed by atoms with Gasteiger partial charge in [-0.05, 0) is 32.0 Å². The van der Waals surface area contributed by atoms with Gasteiger partial charge in [-0.25, -0.2) is 0 Å². The summed E-state index contributed by atoms with van der Waals surface area (Å²) in [6, 6.07) is 5.94. The predicted molar refractivity (Wildman–Crippen MR) is 93.4 cm³/mol. The first-order chi connectivity index (χ1) is 11.8. The number of nitrogens with one attached hydrogen (secondary N) is 1. The number of hydrogen-bond donors (Lipinski definition) is 1. The fourth-order valence-corrected chi connectivity index (χ4v) is 2.68. The topological polar surface area (TPSA) is 103 Å². The van der Waals surface area contributed by atoms with Crippen molar-refractivity contribution in [1.29, 1.82) is 0 Å². The smallest absolute Gasteiger partial charge is 0.288 e. The van der Waals surface area contributed by atoms with Crippen molar-refractivity contribution in [3.05, 3.63) is 61.5 Å². The fourth-order valence-electron chi connectivity index (χ4n) is 2.42. The van der Waals surface area contributed by atoms with Crippen molar-refractivity contribution in [2.24, 2.45) is 0 Å². The van der Waals surface area contributed by atoms with Crippen LogP contribution >= 0.6 is 11.6 Å². The van der Waals surface area contributed by atoms with Gasteiger partial charge in [0.1, 0.15) is 11.8 Å². The van der Waals surface area contributed by atoms with E-state index in [1.807, 2.05) is 0 Å². The summed E-state index contributed by atoms with van der Waals surface area (Å²) in [6.07, 6.45) is 0. The van der Waals surface area contributed by atoms with Gasteiger partial charge in [0.2, 0.25) is 5.91 Å². The molecular formula is C16H16ClN3O5. The monoisotopic (exact) mass is 365 g/mol. The molecule has 1 aromatic heterocycles. The number of anilines is 1. The van der Waals surface area contributed by atoms with Crippen LogP contribution in [0.15, 0.2) is 35.1 Å². The van der Waals surface area contributed by atoms with E-state index in [0.717, 1.165) is 16.7 Å². The summed E-state index contributed by atoms with van der Waals surface area (Å²) in [5.74, 6) is -0.0506. The molecule has 0 fully saturated rings. The lowest BCUT2D eigenvalue weighted by molar-refractivity contribution is -0.386. The number of carbonyl (C=O) groups excluding carboxylic acids is 1. The number of methoxy groups -OCH3 is 1. The Bertz CT molecular complexity index is 894. The Labute approximate surface area is 148 Å². The third-order valence-electron chi connectivity index (χ3n) is 3.74. The highest BCUT2D eigenvalue weighted by Crippen LogP contribution is 2.27. The number of benzene rings is 1. The average molecular weight is 366 g/mol. The van der Waals surface area contributed by atoms with Crippen LogP contribution in [0.4, 0.5) is 11.4 Å². The van der Waals surface area contributed by atoms with Crippen LogP contribution in [0.5, 0.6) is 5.75 Å². The number of nitrogens with zero attached hydrogens (tertiary/aromatic N) is 2. The fraction of sp³-hybridized carbons (Fsp3) is 0.250. The summed E-state index contributed by atoms with van der Waals surface area (Å²) in [6.45, 7) is 2.91. The van der Waals surface area contributed by atoms with Crippen LogP contribution < -0.4 is 15.6 Å². The van der Waals surface area contributed by atoms with Crippen LogP contribution in [-0.4, -0.2) is 22.5 Å². The molecule has 2 rings (SSSR count). The van der Waals surface area contributed by atoms with Crippen LogP contribution in [-0.2, 0) is 4.79 Å². The number of ether oxygens (including phenoxy) is 1. The molecule has 0 radical (unpaired) electrons. The number of rotatable bonds is 5. The predicted octanol–water partition coefficient (Wildman–Crippen LogP) is 2.93. The third kappa shape index (κ3) is 3.80. The van der Waals surface area contributed by atoms with Gasteiger partial charge in [-0.15, -0.1) is 0 Å². The molecular weight excluding hydrogens is 350 g/mol. The Morgan fingerprint density at radius 2 is 2.04 bits per heavy atom. The van der Waals surface area contributed by atoms with Crippen molar-refractivity contribution in [2.75, 3.05) is 12.4 Å². The van der Waals surface area contributed by atoms with Gasteiger partial charge < -0.3 is 10.1 Å². The maximum Gasteiger partial charge on any atom is 0.288 e. The molecule has 0 saturated carbocycles. The van der Waals surface area contributed by atoms with Gasteiger partial charge in [0.15, 0.2) is 0 Å². The van der Waals surface area contributed by atoms with Crippen molar-refractivity contribution < 1.29 is 14.5 Å². The zero-order chi connectivity index (χ0) is 18.7. The Hall–Kier alpha value is -2.87. The number of pyridine rings is 1. The lowest BCUT2D eigenvalue weighted by atomic mass is 10.2. The lowest BCUT2D eigenvalue weighted by Crippen LogP contribution is -2.33. The van der Waals surface area contributed by atoms with Gasteiger partial charge in [0.25, 0.3) is 11.2 Å². The normalized spacial score (nSPS) is 11.7. The summed E-state index contributed by atoms with van der Waals surface area (Å²) >= 11 is 6.01. The van der Waals surface area contributed by atoms with Crippen molar-refractivity contribution in [3.63, 3.8) is 0 Å². The van der Waals surface area contributed by atoms with Gasteiger partial charge in [0, 0.05) is 17.8 Å². The molecule has 1 aromatic carbocycles. The molecule has 0 aliphatic heterocycles. The number of hydrogen-bond acceptors (Lipinski definition) is 5. The molecule has 0 spiro atoms. The maximum atomic E-state index is 12.4. The molecule has 9 heteroatoms. The number of halogens is 1. The zero-order valence-electron chi connectivity index (χ0n) is 13.8. The molecule has 1 unspecified atom stereocenters. The number of nitro groups is 1. The van der Waals surface area contributed by atoms with E-state index in [-0.39, 0.29) is 11.4 Å². The van der Waals surface area contributed by atoms with Crippen LogP contribution in [0.1, 0.15) is 18.7 Å². The van der Waals surface area contributed by atoms with Crippen LogP contribution in [0.3, 0.4) is 0 Å². The molecule has 0 aliphatic carbocycles. The van der Waals surface area contributed by atoms with Gasteiger partial charge in [-0.2, -0.15) is 0 Å². The van der Waals surface area contributed by atoms with E-state index in [1.165, 1.54) is 27.0 Å². The second kappa shape index (κ2) is 7.35. The van der Waals surface area contributed by atoms with Crippen LogP contribution in [0.25, 0.3) is 0 Å². The maximum absolute atomic E-state index is 12.4. The standard InChI is InChI=1S/C16H16ClN3O5/c1-9-13(20(23)24)5-7-15(21)19(9)10(2)16(22)18-11-4-6-14(25-3)12(17)8-11/h4-8,10H,1-3H3,(H,18,22). The molecule has 0 bridgehead atoms. The van der Waals surface area contributed by atoms with Crippen molar-refractivity contribution in [3.8, 4) is 5.75 Å². The zero-order valence-corrected chi connectivity index (χ0v) is 14.5. The molecule has 8 nitrogen and oxygen atoms in total. The van der Waals surface area contributed by atoms with E-state index in [1.54, 1.807) is 12.1 Å². The first kappa shape index (κ1) is 18.5. The van der Waals surface area contributed by atoms with Gasteiger partial charge in [-0.1, -0.05) is 11.6 Å². The highest BCUT2D eigenvalue weighted by Gasteiger charge is 2.23. The number of amides is 1. The van der Waals surface area contributed by atoms with Crippen molar-refractivity contribution in [1.82, 2.24) is 4.57 Å². The SMILES string of the molecule is COc1ccc(NC(=O)C(C)n2c(C)c([N+](=O)[O-])ccc2=O)cc1Cl. The van der Waals surface area contributed by atoms with E-state index in [4.69, 9.17) is 16.3 Å². The second-order valence-electron chi connectivity index (χ2n) is 5.28. The van der Waals surface area contributed by atoms with Crippen LogP contribution in [0.2, 0.25) is 5.02 Å². The van der Waals surface area contributed by atoms with Crippen molar-refractivity contribution >= 4 is 28.9 Å². The van der Waals surface area contributed by atoms with E-state index >= 15 is 0 Å². The van der Waals surface area contributed by atoms with E-state index in [9.17, 15) is 19.7 Å². The largest absolute Gasteiger partial charge is 0.495 e. The quantitative estimate of drug-likeness (QED) is 0.648. The number of carbonyl (C=O) groups is 1. The summed E-state index contributed by atoms with van der Waals surface area (Å²) in [5.41, 5.74) is -0.211. The van der Waals surface area contributed by atoms with E-state index in [2.05, 4.69) is 5.32 Å². The minimum Gasteiger partial charge on any atom is -0.495 e. The third-order valence-corrected chi connectivity index (χ3v) is 4.03. The first-order valence-electron chi connectivity index (χ1n) is 7.27. The molecule has 25 heavy (non-hydrogen) atoms. The molecule has 1 heterocycles. The Morgan fingerprint density at radius 3 is 2.60 bits per heavy atom. The van der Waals surface area contributed by atoms with E-state index < -0.39 is 22.4 Å². The van der Waals surface area contributed by atoms with Gasteiger partial charge >= 0.3 is 0 Å². The Kier molecular flexibility index (Phi) is 5.43. The molecule has 2 aromatic rings. The Morgan fingerprint density at radius 1 is 1.36 bits per heavy atom. The van der Waals surface area contributed by atoms with Crippen LogP contribution in [0, 0.1) is 17.0 Å². The van der Waals surface area contributed by atoms with Gasteiger partial charge in [-0.3, -0.25) is 24.3 Å². The molecule has 132 valence electrons. The summed E-state index contributed by atoms with van der Waals surface area (Å²) in [4.78, 5) is 35.0. The summed E-state index contributed by atoms with van der Waals surface area (Å²) in [7, 11) is 1.47. The summed E-state index contributed by atoms with van der Waals surface area (Å²) in [5, 5.41) is 14.0. The number of aromatic nitrogens is 1. The average Bonchev–Trinajstić information content (AvgIpc) is 2.54. The Balaban J connectivity index is 2.32. The highest BCUT2D eigenvalue weighted by molar-refractivity contribution is 6.32. The van der Waals surface area contributed by atoms with E-state index in [0.29, 0.717) is 16.5 Å². The molecule has 1 N–H and O–H groups in total.